The number of ether oxygens (including phenoxy) is 2. The van der Waals surface area contributed by atoms with Crippen LogP contribution in [-0.2, 0) is 4.74 Å². The summed E-state index contributed by atoms with van der Waals surface area (Å²) in [4.78, 5) is 2.37. The number of hydrogen-bond donors (Lipinski definition) is 1. The average molecular weight is 280 g/mol. The summed E-state index contributed by atoms with van der Waals surface area (Å²) in [5.41, 5.74) is 7.54. The molecule has 0 aliphatic rings. The van der Waals surface area contributed by atoms with Crippen LogP contribution in [0.4, 0.5) is 0 Å². The lowest BCUT2D eigenvalue weighted by molar-refractivity contribution is 0.0914. The molecule has 114 valence electrons. The smallest absolute Gasteiger partial charge is 0.118 e. The molecule has 0 aliphatic carbocycles. The van der Waals surface area contributed by atoms with Gasteiger partial charge in [-0.1, -0.05) is 12.1 Å². The summed E-state index contributed by atoms with van der Waals surface area (Å²) in [6.07, 6.45) is 0. The zero-order chi connectivity index (χ0) is 15.1. The number of nitrogens with zero attached hydrogens (tertiary/aromatic N) is 1. The maximum Gasteiger partial charge on any atom is 0.118 e. The highest BCUT2D eigenvalue weighted by Crippen LogP contribution is 2.22. The van der Waals surface area contributed by atoms with Crippen LogP contribution in [0.5, 0.6) is 5.75 Å². The standard InChI is InChI=1S/C16H28N2O2/c1-12(2)18(10-11-19-4)13(3)16(17)14-6-8-15(20-5)9-7-14/h6-9,12-13,16H,10-11,17H2,1-5H3. The zero-order valence-corrected chi connectivity index (χ0v) is 13.3. The van der Waals surface area contributed by atoms with Crippen molar-refractivity contribution in [2.75, 3.05) is 27.4 Å². The van der Waals surface area contributed by atoms with E-state index >= 15 is 0 Å². The van der Waals surface area contributed by atoms with E-state index in [1.165, 1.54) is 0 Å². The fourth-order valence-electron chi connectivity index (χ4n) is 2.44. The van der Waals surface area contributed by atoms with Crippen LogP contribution < -0.4 is 10.5 Å². The molecule has 0 saturated carbocycles. The van der Waals surface area contributed by atoms with Gasteiger partial charge in [0, 0.05) is 31.8 Å². The van der Waals surface area contributed by atoms with Crippen LogP contribution in [0.25, 0.3) is 0 Å². The topological polar surface area (TPSA) is 47.7 Å². The second kappa shape index (κ2) is 8.25. The van der Waals surface area contributed by atoms with Crippen molar-refractivity contribution in [3.63, 3.8) is 0 Å². The van der Waals surface area contributed by atoms with Gasteiger partial charge < -0.3 is 15.2 Å². The van der Waals surface area contributed by atoms with E-state index in [1.54, 1.807) is 14.2 Å². The first kappa shape index (κ1) is 17.0. The second-order valence-corrected chi connectivity index (χ2v) is 5.36. The molecule has 0 heterocycles. The Balaban J connectivity index is 2.78. The van der Waals surface area contributed by atoms with Crippen LogP contribution in [0.1, 0.15) is 32.4 Å². The van der Waals surface area contributed by atoms with Crippen LogP contribution in [0.15, 0.2) is 24.3 Å². The lowest BCUT2D eigenvalue weighted by atomic mass is 9.99. The van der Waals surface area contributed by atoms with E-state index in [-0.39, 0.29) is 12.1 Å². The molecule has 0 aromatic heterocycles. The van der Waals surface area contributed by atoms with Crippen LogP contribution >= 0.6 is 0 Å². The molecule has 4 heteroatoms. The van der Waals surface area contributed by atoms with Crippen molar-refractivity contribution in [2.24, 2.45) is 5.73 Å². The SMILES string of the molecule is COCCN(C(C)C)C(C)C(N)c1ccc(OC)cc1. The highest BCUT2D eigenvalue weighted by atomic mass is 16.5. The molecule has 0 radical (unpaired) electrons. The van der Waals surface area contributed by atoms with E-state index in [0.29, 0.717) is 6.04 Å². The summed E-state index contributed by atoms with van der Waals surface area (Å²) >= 11 is 0. The first-order valence-corrected chi connectivity index (χ1v) is 7.15. The Morgan fingerprint density at radius 1 is 1.10 bits per heavy atom. The van der Waals surface area contributed by atoms with Crippen LogP contribution in [-0.4, -0.2) is 44.4 Å². The fourth-order valence-corrected chi connectivity index (χ4v) is 2.44. The highest BCUT2D eigenvalue weighted by Gasteiger charge is 2.23. The normalized spacial score (nSPS) is 14.6. The zero-order valence-electron chi connectivity index (χ0n) is 13.3. The maximum atomic E-state index is 6.42. The predicted octanol–water partition coefficient (Wildman–Crippen LogP) is 2.44. The van der Waals surface area contributed by atoms with Crippen molar-refractivity contribution in [3.05, 3.63) is 29.8 Å². The van der Waals surface area contributed by atoms with Crippen molar-refractivity contribution in [2.45, 2.75) is 38.9 Å². The molecular weight excluding hydrogens is 252 g/mol. The van der Waals surface area contributed by atoms with E-state index in [0.717, 1.165) is 24.5 Å². The molecule has 0 saturated heterocycles. The average Bonchev–Trinajstić information content (AvgIpc) is 2.46. The molecule has 0 amide bonds. The molecule has 20 heavy (non-hydrogen) atoms. The van der Waals surface area contributed by atoms with Crippen LogP contribution in [0.2, 0.25) is 0 Å². The third-order valence-electron chi connectivity index (χ3n) is 3.76. The van der Waals surface area contributed by atoms with Gasteiger partial charge in [0.1, 0.15) is 5.75 Å². The van der Waals surface area contributed by atoms with Gasteiger partial charge in [-0.2, -0.15) is 0 Å². The van der Waals surface area contributed by atoms with Gasteiger partial charge in [-0.25, -0.2) is 0 Å². The molecule has 1 rings (SSSR count). The lowest BCUT2D eigenvalue weighted by Crippen LogP contribution is -2.46. The Morgan fingerprint density at radius 3 is 2.15 bits per heavy atom. The lowest BCUT2D eigenvalue weighted by Gasteiger charge is -2.36. The monoisotopic (exact) mass is 280 g/mol. The van der Waals surface area contributed by atoms with Gasteiger partial charge in [0.05, 0.1) is 13.7 Å². The Labute approximate surface area is 122 Å². The Bertz CT molecular complexity index is 379. The first-order valence-electron chi connectivity index (χ1n) is 7.15. The largest absolute Gasteiger partial charge is 0.497 e. The maximum absolute atomic E-state index is 6.42. The minimum absolute atomic E-state index is 0.0276. The van der Waals surface area contributed by atoms with E-state index in [2.05, 4.69) is 25.7 Å². The number of hydrogen-bond acceptors (Lipinski definition) is 4. The second-order valence-electron chi connectivity index (χ2n) is 5.36. The third-order valence-corrected chi connectivity index (χ3v) is 3.76. The number of benzene rings is 1. The molecule has 0 bridgehead atoms. The quantitative estimate of drug-likeness (QED) is 0.794. The molecule has 2 unspecified atom stereocenters. The summed E-state index contributed by atoms with van der Waals surface area (Å²) in [7, 11) is 3.40. The summed E-state index contributed by atoms with van der Waals surface area (Å²) in [5.74, 6) is 0.855. The Kier molecular flexibility index (Phi) is 6.99. The van der Waals surface area contributed by atoms with Crippen molar-refractivity contribution < 1.29 is 9.47 Å². The molecule has 2 atom stereocenters. The molecule has 1 aromatic rings. The summed E-state index contributed by atoms with van der Waals surface area (Å²) in [6, 6.07) is 8.64. The first-order chi connectivity index (χ1) is 9.51. The van der Waals surface area contributed by atoms with Gasteiger partial charge in [0.15, 0.2) is 0 Å². The van der Waals surface area contributed by atoms with Crippen molar-refractivity contribution in [1.82, 2.24) is 4.90 Å². The molecule has 1 aromatic carbocycles. The number of methoxy groups -OCH3 is 2. The van der Waals surface area contributed by atoms with Crippen LogP contribution in [0, 0.1) is 0 Å². The molecular formula is C16H28N2O2. The number of nitrogens with two attached hydrogens (primary N) is 1. The molecule has 4 nitrogen and oxygen atoms in total. The van der Waals surface area contributed by atoms with E-state index < -0.39 is 0 Å². The van der Waals surface area contributed by atoms with Crippen molar-refractivity contribution in [3.8, 4) is 5.75 Å². The third kappa shape index (κ3) is 4.47. The van der Waals surface area contributed by atoms with Gasteiger partial charge in [-0.05, 0) is 38.5 Å². The Morgan fingerprint density at radius 2 is 1.70 bits per heavy atom. The van der Waals surface area contributed by atoms with Crippen LogP contribution in [0.3, 0.4) is 0 Å². The fraction of sp³-hybridized carbons (Fsp3) is 0.625. The van der Waals surface area contributed by atoms with Gasteiger partial charge in [-0.3, -0.25) is 4.90 Å². The van der Waals surface area contributed by atoms with E-state index in [4.69, 9.17) is 15.2 Å². The minimum atomic E-state index is -0.0276. The summed E-state index contributed by atoms with van der Waals surface area (Å²) < 4.78 is 10.4. The van der Waals surface area contributed by atoms with E-state index in [1.807, 2.05) is 24.3 Å². The summed E-state index contributed by atoms with van der Waals surface area (Å²) in [6.45, 7) is 8.15. The minimum Gasteiger partial charge on any atom is -0.497 e. The van der Waals surface area contributed by atoms with Gasteiger partial charge in [0.25, 0.3) is 0 Å². The van der Waals surface area contributed by atoms with Gasteiger partial charge in [0.2, 0.25) is 0 Å². The van der Waals surface area contributed by atoms with Gasteiger partial charge >= 0.3 is 0 Å². The van der Waals surface area contributed by atoms with Gasteiger partial charge in [-0.15, -0.1) is 0 Å². The predicted molar refractivity (Wildman–Crippen MR) is 83.1 cm³/mol. The summed E-state index contributed by atoms with van der Waals surface area (Å²) in [5, 5.41) is 0. The molecule has 0 fully saturated rings. The molecule has 2 N–H and O–H groups in total. The highest BCUT2D eigenvalue weighted by molar-refractivity contribution is 5.29. The number of rotatable bonds is 8. The molecule has 0 spiro atoms. The molecule has 0 aliphatic heterocycles. The van der Waals surface area contributed by atoms with E-state index in [9.17, 15) is 0 Å². The Hall–Kier alpha value is -1.10. The van der Waals surface area contributed by atoms with Crippen molar-refractivity contribution in [1.29, 1.82) is 0 Å². The van der Waals surface area contributed by atoms with Crippen molar-refractivity contribution >= 4 is 0 Å².